The maximum Gasteiger partial charge on any atom is 0.224 e. The highest BCUT2D eigenvalue weighted by atomic mass is 19.1. The van der Waals surface area contributed by atoms with Gasteiger partial charge in [-0.1, -0.05) is 26.0 Å². The Hall–Kier alpha value is -2.90. The minimum atomic E-state index is -0.335. The first-order chi connectivity index (χ1) is 13.8. The largest absolute Gasteiger partial charge is 0.354 e. The molecule has 0 aliphatic carbocycles. The minimum Gasteiger partial charge on any atom is -0.354 e. The van der Waals surface area contributed by atoms with Crippen LogP contribution in [0.4, 0.5) is 4.39 Å². The molecule has 1 aromatic carbocycles. The lowest BCUT2D eigenvalue weighted by Gasteiger charge is -2.22. The predicted octanol–water partition coefficient (Wildman–Crippen LogP) is 2.05. The quantitative estimate of drug-likeness (QED) is 0.403. The Morgan fingerprint density at radius 2 is 2.03 bits per heavy atom. The average molecular weight is 403 g/mol. The smallest absolute Gasteiger partial charge is 0.224 e. The van der Waals surface area contributed by atoms with Gasteiger partial charge in [-0.3, -0.25) is 14.5 Å². The van der Waals surface area contributed by atoms with Gasteiger partial charge in [-0.2, -0.15) is 5.10 Å². The lowest BCUT2D eigenvalue weighted by molar-refractivity contribution is -0.120. The van der Waals surface area contributed by atoms with E-state index in [1.54, 1.807) is 19.2 Å². The Labute approximate surface area is 172 Å². The maximum absolute atomic E-state index is 13.2. The van der Waals surface area contributed by atoms with Crippen LogP contribution >= 0.6 is 0 Å². The van der Waals surface area contributed by atoms with E-state index in [0.717, 1.165) is 17.2 Å². The summed E-state index contributed by atoms with van der Waals surface area (Å²) in [5.74, 6) is 0.613. The van der Waals surface area contributed by atoms with Gasteiger partial charge in [0.25, 0.3) is 0 Å². The molecule has 158 valence electrons. The van der Waals surface area contributed by atoms with E-state index in [2.05, 4.69) is 34.6 Å². The van der Waals surface area contributed by atoms with Crippen LogP contribution in [0.5, 0.6) is 0 Å². The molecule has 0 aliphatic rings. The maximum atomic E-state index is 13.2. The molecule has 0 saturated carbocycles. The molecule has 2 rings (SSSR count). The third-order valence-electron chi connectivity index (χ3n) is 4.45. The molecule has 1 aromatic heterocycles. The number of benzene rings is 1. The van der Waals surface area contributed by atoms with Crippen LogP contribution in [0.2, 0.25) is 0 Å². The molecule has 0 radical (unpaired) electrons. The topological polar surface area (TPSA) is 74.6 Å². The fraction of sp³-hybridized carbons (Fsp3) is 0.476. The molecule has 8 heteroatoms. The summed E-state index contributed by atoms with van der Waals surface area (Å²) in [6.45, 7) is 5.94. The number of nitrogens with zero attached hydrogens (tertiary/aromatic N) is 4. The first-order valence-corrected chi connectivity index (χ1v) is 9.75. The number of carbonyl (C=O) groups excluding carboxylic acids is 1. The van der Waals surface area contributed by atoms with Crippen LogP contribution in [0.1, 0.15) is 36.6 Å². The molecule has 1 amide bonds. The summed E-state index contributed by atoms with van der Waals surface area (Å²) in [5.41, 5.74) is 2.90. The first kappa shape index (κ1) is 22.4. The van der Waals surface area contributed by atoms with Gasteiger partial charge in [-0.25, -0.2) is 4.39 Å². The zero-order chi connectivity index (χ0) is 21.4. The van der Waals surface area contributed by atoms with Crippen LogP contribution in [0.3, 0.4) is 0 Å². The summed E-state index contributed by atoms with van der Waals surface area (Å²) in [5, 5.41) is 10.6. The number of amides is 1. The molecule has 0 spiro atoms. The highest BCUT2D eigenvalue weighted by Crippen LogP contribution is 2.18. The van der Waals surface area contributed by atoms with Crippen LogP contribution in [0.15, 0.2) is 35.5 Å². The summed E-state index contributed by atoms with van der Waals surface area (Å²) < 4.78 is 15.0. The molecule has 0 saturated heterocycles. The number of carbonyl (C=O) groups is 1. The number of nitrogens with one attached hydrogen (secondary N) is 2. The zero-order valence-corrected chi connectivity index (χ0v) is 17.9. The van der Waals surface area contributed by atoms with Gasteiger partial charge in [-0.05, 0) is 23.6 Å². The molecule has 0 atom stereocenters. The van der Waals surface area contributed by atoms with Gasteiger partial charge in [-0.15, -0.1) is 0 Å². The monoisotopic (exact) mass is 402 g/mol. The van der Waals surface area contributed by atoms with Crippen LogP contribution in [-0.4, -0.2) is 53.7 Å². The molecule has 2 aromatic rings. The summed E-state index contributed by atoms with van der Waals surface area (Å²) in [6.07, 6.45) is 2.19. The normalized spacial score (nSPS) is 11.6. The van der Waals surface area contributed by atoms with E-state index < -0.39 is 0 Å². The molecule has 7 nitrogen and oxygen atoms in total. The Bertz CT molecular complexity index is 845. The number of guanidine groups is 1. The third kappa shape index (κ3) is 6.89. The number of aromatic nitrogens is 2. The summed E-state index contributed by atoms with van der Waals surface area (Å²) in [6, 6.07) is 6.08. The molecule has 0 aliphatic heterocycles. The lowest BCUT2D eigenvalue weighted by Crippen LogP contribution is -2.42. The SMILES string of the molecule is CN=C(NCCNC(=O)Cc1cccc(F)c1)N(C)Cc1cn(C)nc1C(C)C. The summed E-state index contributed by atoms with van der Waals surface area (Å²) in [7, 11) is 5.62. The number of aliphatic imine (C=N–C) groups is 1. The molecule has 2 N–H and O–H groups in total. The van der Waals surface area contributed by atoms with Crippen LogP contribution in [0.25, 0.3) is 0 Å². The van der Waals surface area contributed by atoms with Crippen LogP contribution < -0.4 is 10.6 Å². The van der Waals surface area contributed by atoms with Crippen molar-refractivity contribution < 1.29 is 9.18 Å². The average Bonchev–Trinajstić information content (AvgIpc) is 3.02. The van der Waals surface area contributed by atoms with Gasteiger partial charge in [0.15, 0.2) is 5.96 Å². The van der Waals surface area contributed by atoms with Crippen molar-refractivity contribution >= 4 is 11.9 Å². The number of aryl methyl sites for hydroxylation is 1. The Morgan fingerprint density at radius 1 is 1.31 bits per heavy atom. The van der Waals surface area contributed by atoms with Gasteiger partial charge < -0.3 is 15.5 Å². The van der Waals surface area contributed by atoms with Crippen LogP contribution in [0, 0.1) is 5.82 Å². The van der Waals surface area contributed by atoms with E-state index in [1.807, 2.05) is 29.9 Å². The van der Waals surface area contributed by atoms with Gasteiger partial charge in [0.1, 0.15) is 5.82 Å². The van der Waals surface area contributed by atoms with Crippen molar-refractivity contribution in [2.24, 2.45) is 12.0 Å². The van der Waals surface area contributed by atoms with E-state index in [-0.39, 0.29) is 18.1 Å². The summed E-state index contributed by atoms with van der Waals surface area (Å²) >= 11 is 0. The number of halogens is 1. The number of hydrogen-bond acceptors (Lipinski definition) is 3. The molecule has 0 unspecified atom stereocenters. The van der Waals surface area contributed by atoms with Crippen LogP contribution in [-0.2, 0) is 24.8 Å². The van der Waals surface area contributed by atoms with E-state index >= 15 is 0 Å². The second-order valence-corrected chi connectivity index (χ2v) is 7.35. The van der Waals surface area contributed by atoms with Gasteiger partial charge in [0.05, 0.1) is 12.1 Å². The Balaban J connectivity index is 1.79. The Kier molecular flexibility index (Phi) is 8.18. The Morgan fingerprint density at radius 3 is 2.69 bits per heavy atom. The lowest BCUT2D eigenvalue weighted by atomic mass is 10.1. The standard InChI is InChI=1S/C21H31FN6O/c1-15(2)20-17(14-28(5)26-20)13-27(4)21(23-3)25-10-9-24-19(29)12-16-7-6-8-18(22)11-16/h6-8,11,14-15H,9-10,12-13H2,1-5H3,(H,23,25)(H,24,29). The number of hydrogen-bond donors (Lipinski definition) is 2. The second-order valence-electron chi connectivity index (χ2n) is 7.35. The van der Waals surface area contributed by atoms with E-state index in [4.69, 9.17) is 0 Å². The molecule has 1 heterocycles. The fourth-order valence-corrected chi connectivity index (χ4v) is 3.15. The highest BCUT2D eigenvalue weighted by molar-refractivity contribution is 5.80. The van der Waals surface area contributed by atoms with E-state index in [1.165, 1.54) is 12.1 Å². The van der Waals surface area contributed by atoms with Crippen molar-refractivity contribution in [1.29, 1.82) is 0 Å². The predicted molar refractivity (Wildman–Crippen MR) is 113 cm³/mol. The van der Waals surface area contributed by atoms with Crippen molar-refractivity contribution in [3.63, 3.8) is 0 Å². The number of rotatable bonds is 8. The first-order valence-electron chi connectivity index (χ1n) is 9.75. The zero-order valence-electron chi connectivity index (χ0n) is 17.9. The minimum absolute atomic E-state index is 0.141. The summed E-state index contributed by atoms with van der Waals surface area (Å²) in [4.78, 5) is 18.3. The van der Waals surface area contributed by atoms with Crippen molar-refractivity contribution in [1.82, 2.24) is 25.3 Å². The van der Waals surface area contributed by atoms with Crippen molar-refractivity contribution in [2.75, 3.05) is 27.2 Å². The molecule has 0 bridgehead atoms. The fourth-order valence-electron chi connectivity index (χ4n) is 3.15. The van der Waals surface area contributed by atoms with Crippen molar-refractivity contribution in [2.45, 2.75) is 32.7 Å². The molecule has 0 fully saturated rings. The van der Waals surface area contributed by atoms with Crippen molar-refractivity contribution in [3.05, 3.63) is 53.1 Å². The van der Waals surface area contributed by atoms with Crippen molar-refractivity contribution in [3.8, 4) is 0 Å². The second kappa shape index (κ2) is 10.6. The van der Waals surface area contributed by atoms with Gasteiger partial charge >= 0.3 is 0 Å². The van der Waals surface area contributed by atoms with E-state index in [9.17, 15) is 9.18 Å². The van der Waals surface area contributed by atoms with E-state index in [0.29, 0.717) is 31.1 Å². The molecular formula is C21H31FN6O. The highest BCUT2D eigenvalue weighted by Gasteiger charge is 2.15. The van der Waals surface area contributed by atoms with Gasteiger partial charge in [0, 0.05) is 52.5 Å². The molecule has 29 heavy (non-hydrogen) atoms. The molecular weight excluding hydrogens is 371 g/mol. The third-order valence-corrected chi connectivity index (χ3v) is 4.45. The van der Waals surface area contributed by atoms with Gasteiger partial charge in [0.2, 0.25) is 5.91 Å².